The zero-order chi connectivity index (χ0) is 10.7. The first-order valence-corrected chi connectivity index (χ1v) is 6.01. The Labute approximate surface area is 94.6 Å². The number of hydrogen-bond acceptors (Lipinski definition) is 2. The monoisotopic (exact) mass is 220 g/mol. The number of nitrogens with one attached hydrogen (secondary N) is 1. The maximum atomic E-state index is 3.51. The van der Waals surface area contributed by atoms with Crippen LogP contribution in [0.25, 0.3) is 0 Å². The van der Waals surface area contributed by atoms with Gasteiger partial charge in [0, 0.05) is 36.9 Å². The summed E-state index contributed by atoms with van der Waals surface area (Å²) in [7, 11) is 2.05. The summed E-state index contributed by atoms with van der Waals surface area (Å²) in [4.78, 5) is 1.39. The van der Waals surface area contributed by atoms with Crippen LogP contribution in [0, 0.1) is 0 Å². The first-order valence-electron chi connectivity index (χ1n) is 5.13. The van der Waals surface area contributed by atoms with E-state index >= 15 is 0 Å². The number of thiophene rings is 1. The third kappa shape index (κ3) is 2.70. The summed E-state index contributed by atoms with van der Waals surface area (Å²) in [6.07, 6.45) is 4.22. The van der Waals surface area contributed by atoms with Crippen molar-refractivity contribution in [2.24, 2.45) is 7.05 Å². The molecule has 0 aliphatic carbocycles. The Kier molecular flexibility index (Phi) is 3.23. The molecule has 0 aliphatic heterocycles. The van der Waals surface area contributed by atoms with Gasteiger partial charge in [0.15, 0.2) is 0 Å². The van der Waals surface area contributed by atoms with Crippen LogP contribution >= 0.6 is 11.3 Å². The molecule has 0 amide bonds. The third-order valence-corrected chi connectivity index (χ3v) is 3.53. The van der Waals surface area contributed by atoms with Crippen molar-refractivity contribution in [3.63, 3.8) is 0 Å². The fraction of sp³-hybridized carbons (Fsp3) is 0.333. The van der Waals surface area contributed by atoms with Crippen molar-refractivity contribution in [3.05, 3.63) is 46.4 Å². The predicted octanol–water partition coefficient (Wildman–Crippen LogP) is 2.94. The first kappa shape index (κ1) is 10.5. The molecule has 0 bridgehead atoms. The lowest BCUT2D eigenvalue weighted by Crippen LogP contribution is -2.16. The Bertz CT molecular complexity index is 403. The molecule has 0 aromatic carbocycles. The third-order valence-electron chi connectivity index (χ3n) is 2.48. The SMILES string of the molecule is C[C@H](NCc1ccn(C)c1)c1cccs1. The van der Waals surface area contributed by atoms with Crippen LogP contribution < -0.4 is 5.32 Å². The summed E-state index contributed by atoms with van der Waals surface area (Å²) < 4.78 is 2.08. The minimum absolute atomic E-state index is 0.435. The molecule has 0 saturated heterocycles. The molecule has 0 aliphatic rings. The molecule has 15 heavy (non-hydrogen) atoms. The zero-order valence-electron chi connectivity index (χ0n) is 9.10. The second-order valence-electron chi connectivity index (χ2n) is 3.80. The van der Waals surface area contributed by atoms with E-state index in [0.717, 1.165) is 6.54 Å². The van der Waals surface area contributed by atoms with Gasteiger partial charge in [-0.3, -0.25) is 0 Å². The van der Waals surface area contributed by atoms with Gasteiger partial charge in [-0.25, -0.2) is 0 Å². The van der Waals surface area contributed by atoms with Crippen LogP contribution in [0.3, 0.4) is 0 Å². The van der Waals surface area contributed by atoms with E-state index in [1.165, 1.54) is 10.4 Å². The highest BCUT2D eigenvalue weighted by Gasteiger charge is 2.05. The number of aromatic nitrogens is 1. The maximum Gasteiger partial charge on any atom is 0.0388 e. The summed E-state index contributed by atoms with van der Waals surface area (Å²) in [6, 6.07) is 6.85. The Morgan fingerprint density at radius 1 is 1.47 bits per heavy atom. The standard InChI is InChI=1S/C12H16N2S/c1-10(12-4-3-7-15-12)13-8-11-5-6-14(2)9-11/h3-7,9-10,13H,8H2,1-2H3/t10-/m0/s1. The van der Waals surface area contributed by atoms with E-state index in [1.54, 1.807) is 11.3 Å². The van der Waals surface area contributed by atoms with Gasteiger partial charge in [-0.2, -0.15) is 0 Å². The molecule has 2 aromatic heterocycles. The summed E-state index contributed by atoms with van der Waals surface area (Å²) in [5, 5.41) is 5.63. The average Bonchev–Trinajstić information content (AvgIpc) is 2.84. The van der Waals surface area contributed by atoms with E-state index in [-0.39, 0.29) is 0 Å². The van der Waals surface area contributed by atoms with Crippen molar-refractivity contribution in [1.82, 2.24) is 9.88 Å². The second-order valence-corrected chi connectivity index (χ2v) is 4.78. The summed E-state index contributed by atoms with van der Waals surface area (Å²) in [5.41, 5.74) is 1.33. The van der Waals surface area contributed by atoms with Gasteiger partial charge in [-0.05, 0) is 30.0 Å². The van der Waals surface area contributed by atoms with Gasteiger partial charge in [0.05, 0.1) is 0 Å². The van der Waals surface area contributed by atoms with Gasteiger partial charge in [0.1, 0.15) is 0 Å². The number of rotatable bonds is 4. The van der Waals surface area contributed by atoms with Crippen LogP contribution in [0.4, 0.5) is 0 Å². The molecule has 0 fully saturated rings. The number of aryl methyl sites for hydroxylation is 1. The predicted molar refractivity (Wildman–Crippen MR) is 65.0 cm³/mol. The van der Waals surface area contributed by atoms with Crippen LogP contribution in [-0.4, -0.2) is 4.57 Å². The molecule has 3 heteroatoms. The topological polar surface area (TPSA) is 17.0 Å². The van der Waals surface area contributed by atoms with Crippen molar-refractivity contribution in [2.45, 2.75) is 19.5 Å². The molecule has 0 radical (unpaired) electrons. The van der Waals surface area contributed by atoms with Crippen molar-refractivity contribution >= 4 is 11.3 Å². The van der Waals surface area contributed by atoms with Crippen molar-refractivity contribution < 1.29 is 0 Å². The van der Waals surface area contributed by atoms with Crippen LogP contribution in [0.15, 0.2) is 36.0 Å². The first-order chi connectivity index (χ1) is 7.25. The average molecular weight is 220 g/mol. The van der Waals surface area contributed by atoms with E-state index in [0.29, 0.717) is 6.04 Å². The maximum absolute atomic E-state index is 3.51. The second kappa shape index (κ2) is 4.64. The Balaban J connectivity index is 1.88. The molecule has 2 rings (SSSR count). The lowest BCUT2D eigenvalue weighted by Gasteiger charge is -2.10. The number of hydrogen-bond donors (Lipinski definition) is 1. The van der Waals surface area contributed by atoms with Gasteiger partial charge in [0.2, 0.25) is 0 Å². The fourth-order valence-electron chi connectivity index (χ4n) is 1.57. The molecule has 0 unspecified atom stereocenters. The van der Waals surface area contributed by atoms with Crippen molar-refractivity contribution in [1.29, 1.82) is 0 Å². The van der Waals surface area contributed by atoms with E-state index in [1.807, 2.05) is 7.05 Å². The van der Waals surface area contributed by atoms with Gasteiger partial charge in [0.25, 0.3) is 0 Å². The van der Waals surface area contributed by atoms with E-state index in [4.69, 9.17) is 0 Å². The van der Waals surface area contributed by atoms with Gasteiger partial charge in [-0.1, -0.05) is 6.07 Å². The van der Waals surface area contributed by atoms with Gasteiger partial charge in [-0.15, -0.1) is 11.3 Å². The molecule has 1 atom stereocenters. The molecule has 1 N–H and O–H groups in total. The van der Waals surface area contributed by atoms with Crippen molar-refractivity contribution in [3.8, 4) is 0 Å². The smallest absolute Gasteiger partial charge is 0.0388 e. The Morgan fingerprint density at radius 3 is 2.93 bits per heavy atom. The molecule has 80 valence electrons. The normalized spacial score (nSPS) is 12.9. The Morgan fingerprint density at radius 2 is 2.33 bits per heavy atom. The molecular weight excluding hydrogens is 204 g/mol. The van der Waals surface area contributed by atoms with Crippen LogP contribution in [0.5, 0.6) is 0 Å². The molecular formula is C12H16N2S. The molecule has 2 aromatic rings. The van der Waals surface area contributed by atoms with Crippen LogP contribution in [-0.2, 0) is 13.6 Å². The van der Waals surface area contributed by atoms with Gasteiger partial charge >= 0.3 is 0 Å². The molecule has 0 spiro atoms. The van der Waals surface area contributed by atoms with E-state index in [2.05, 4.69) is 52.8 Å². The number of nitrogens with zero attached hydrogens (tertiary/aromatic N) is 1. The summed E-state index contributed by atoms with van der Waals surface area (Å²) in [6.45, 7) is 3.13. The zero-order valence-corrected chi connectivity index (χ0v) is 9.92. The summed E-state index contributed by atoms with van der Waals surface area (Å²) >= 11 is 1.80. The minimum atomic E-state index is 0.435. The highest BCUT2D eigenvalue weighted by Crippen LogP contribution is 2.18. The highest BCUT2D eigenvalue weighted by molar-refractivity contribution is 7.10. The van der Waals surface area contributed by atoms with Gasteiger partial charge < -0.3 is 9.88 Å². The minimum Gasteiger partial charge on any atom is -0.357 e. The van der Waals surface area contributed by atoms with E-state index < -0.39 is 0 Å². The molecule has 2 heterocycles. The van der Waals surface area contributed by atoms with E-state index in [9.17, 15) is 0 Å². The molecule has 2 nitrogen and oxygen atoms in total. The van der Waals surface area contributed by atoms with Crippen molar-refractivity contribution in [2.75, 3.05) is 0 Å². The van der Waals surface area contributed by atoms with Crippen LogP contribution in [0.1, 0.15) is 23.4 Å². The lowest BCUT2D eigenvalue weighted by molar-refractivity contribution is 0.582. The summed E-state index contributed by atoms with van der Waals surface area (Å²) in [5.74, 6) is 0. The van der Waals surface area contributed by atoms with Crippen LogP contribution in [0.2, 0.25) is 0 Å². The lowest BCUT2D eigenvalue weighted by atomic mass is 10.2. The largest absolute Gasteiger partial charge is 0.357 e. The fourth-order valence-corrected chi connectivity index (χ4v) is 2.33. The Hall–Kier alpha value is -1.06. The highest BCUT2D eigenvalue weighted by atomic mass is 32.1. The quantitative estimate of drug-likeness (QED) is 0.838. The molecule has 0 saturated carbocycles.